The van der Waals surface area contributed by atoms with Crippen LogP contribution >= 0.6 is 0 Å². The number of carbonyl (C=O) groups is 1. The molecular formula is C20H34O5Si. The molecule has 26 heavy (non-hydrogen) atoms. The van der Waals surface area contributed by atoms with E-state index in [-0.39, 0.29) is 42.4 Å². The van der Waals surface area contributed by atoms with E-state index in [0.29, 0.717) is 6.42 Å². The highest BCUT2D eigenvalue weighted by molar-refractivity contribution is 6.76. The lowest BCUT2D eigenvalue weighted by Gasteiger charge is -2.46. The highest BCUT2D eigenvalue weighted by atomic mass is 28.3. The lowest BCUT2D eigenvalue weighted by Crippen LogP contribution is -2.50. The monoisotopic (exact) mass is 382 g/mol. The molecule has 0 spiro atoms. The fraction of sp³-hybridized carbons (Fsp3) is 0.850. The quantitative estimate of drug-likeness (QED) is 0.250. The van der Waals surface area contributed by atoms with Crippen LogP contribution in [0.1, 0.15) is 39.0 Å². The van der Waals surface area contributed by atoms with Crippen molar-refractivity contribution in [3.63, 3.8) is 0 Å². The molecule has 0 amide bonds. The molecule has 2 bridgehead atoms. The number of ether oxygens (including phenoxy) is 3. The second-order valence-electron chi connectivity index (χ2n) is 9.74. The summed E-state index contributed by atoms with van der Waals surface area (Å²) in [6, 6.07) is 1.11. The van der Waals surface area contributed by atoms with Crippen molar-refractivity contribution in [3.05, 3.63) is 11.6 Å². The Morgan fingerprint density at radius 1 is 1.38 bits per heavy atom. The molecule has 3 rings (SSSR count). The zero-order chi connectivity index (χ0) is 18.9. The Kier molecular flexibility index (Phi) is 5.97. The van der Waals surface area contributed by atoms with Gasteiger partial charge in [0.15, 0.2) is 0 Å². The highest BCUT2D eigenvalue weighted by Gasteiger charge is 2.51. The number of esters is 1. The van der Waals surface area contributed by atoms with E-state index in [1.807, 2.05) is 0 Å². The van der Waals surface area contributed by atoms with Gasteiger partial charge in [0, 0.05) is 26.0 Å². The zero-order valence-corrected chi connectivity index (χ0v) is 17.6. The Bertz CT molecular complexity index is 555. The van der Waals surface area contributed by atoms with Gasteiger partial charge in [0.25, 0.3) is 0 Å². The van der Waals surface area contributed by atoms with Crippen molar-refractivity contribution >= 4 is 14.0 Å². The van der Waals surface area contributed by atoms with Gasteiger partial charge in [-0.25, -0.2) is 0 Å². The number of carbonyl (C=O) groups excluding carboxylic acids is 1. The van der Waals surface area contributed by atoms with Crippen LogP contribution in [0.3, 0.4) is 0 Å². The standard InChI is InChI=1S/C20H34O5Si/c1-20-8-7-16(21)15(12-20)6-5-14-11-17(22)25-18(14)19(20)24-13-23-9-10-26(2,3)4/h6,14,16,18-19,21H,5,7-13H2,1-4H3/b15-6+/t14-,16+,18+,19-,20+/m0/s1. The van der Waals surface area contributed by atoms with Crippen LogP contribution in [0.25, 0.3) is 0 Å². The number of allylic oxidation sites excluding steroid dienone is 1. The molecule has 1 saturated carbocycles. The largest absolute Gasteiger partial charge is 0.459 e. The van der Waals surface area contributed by atoms with Crippen LogP contribution in [0.5, 0.6) is 0 Å². The van der Waals surface area contributed by atoms with Crippen LogP contribution in [0.15, 0.2) is 11.6 Å². The minimum Gasteiger partial charge on any atom is -0.459 e. The summed E-state index contributed by atoms with van der Waals surface area (Å²) in [4.78, 5) is 12.0. The van der Waals surface area contributed by atoms with Crippen molar-refractivity contribution in [1.29, 1.82) is 0 Å². The first kappa shape index (κ1) is 20.1. The Morgan fingerprint density at radius 2 is 2.15 bits per heavy atom. The van der Waals surface area contributed by atoms with Gasteiger partial charge in [-0.1, -0.05) is 32.6 Å². The molecule has 0 aromatic heterocycles. The molecule has 1 heterocycles. The van der Waals surface area contributed by atoms with Crippen molar-refractivity contribution in [2.75, 3.05) is 13.4 Å². The van der Waals surface area contributed by atoms with Gasteiger partial charge in [0.05, 0.1) is 12.5 Å². The molecule has 1 aliphatic heterocycles. The molecule has 6 heteroatoms. The van der Waals surface area contributed by atoms with Gasteiger partial charge < -0.3 is 19.3 Å². The van der Waals surface area contributed by atoms with E-state index in [9.17, 15) is 9.90 Å². The maximum absolute atomic E-state index is 12.0. The Hall–Kier alpha value is -0.693. The van der Waals surface area contributed by atoms with Crippen LogP contribution in [0.2, 0.25) is 25.7 Å². The molecule has 1 N–H and O–H groups in total. The predicted molar refractivity (Wildman–Crippen MR) is 102 cm³/mol. The van der Waals surface area contributed by atoms with Crippen LogP contribution in [0.4, 0.5) is 0 Å². The van der Waals surface area contributed by atoms with Gasteiger partial charge in [0.2, 0.25) is 0 Å². The number of hydrogen-bond donors (Lipinski definition) is 1. The lowest BCUT2D eigenvalue weighted by molar-refractivity contribution is -0.185. The molecule has 0 radical (unpaired) electrons. The van der Waals surface area contributed by atoms with Crippen molar-refractivity contribution in [1.82, 2.24) is 0 Å². The second-order valence-corrected chi connectivity index (χ2v) is 15.4. The smallest absolute Gasteiger partial charge is 0.306 e. The maximum atomic E-state index is 12.0. The molecule has 2 fully saturated rings. The van der Waals surface area contributed by atoms with E-state index in [2.05, 4.69) is 32.6 Å². The number of aliphatic hydroxyl groups is 1. The first-order chi connectivity index (χ1) is 12.2. The van der Waals surface area contributed by atoms with Gasteiger partial charge in [-0.05, 0) is 37.3 Å². The van der Waals surface area contributed by atoms with E-state index in [1.165, 1.54) is 0 Å². The highest BCUT2D eigenvalue weighted by Crippen LogP contribution is 2.49. The van der Waals surface area contributed by atoms with Crippen LogP contribution < -0.4 is 0 Å². The van der Waals surface area contributed by atoms with Gasteiger partial charge in [-0.15, -0.1) is 0 Å². The molecule has 148 valence electrons. The zero-order valence-electron chi connectivity index (χ0n) is 16.6. The molecule has 3 aliphatic rings. The van der Waals surface area contributed by atoms with E-state index in [0.717, 1.165) is 43.9 Å². The Labute approximate surface area is 158 Å². The van der Waals surface area contributed by atoms with E-state index < -0.39 is 8.07 Å². The number of hydrogen-bond acceptors (Lipinski definition) is 5. The van der Waals surface area contributed by atoms with Gasteiger partial charge in [0.1, 0.15) is 19.0 Å². The summed E-state index contributed by atoms with van der Waals surface area (Å²) >= 11 is 0. The Balaban J connectivity index is 1.70. The number of fused-ring (bicyclic) bond motifs is 3. The number of aliphatic hydroxyl groups excluding tert-OH is 1. The third-order valence-electron chi connectivity index (χ3n) is 6.18. The molecule has 5 atom stereocenters. The minimum atomic E-state index is -1.12. The minimum absolute atomic E-state index is 0.132. The summed E-state index contributed by atoms with van der Waals surface area (Å²) in [6.45, 7) is 10.2. The summed E-state index contributed by atoms with van der Waals surface area (Å²) in [5, 5.41) is 10.3. The van der Waals surface area contributed by atoms with Crippen LogP contribution in [-0.4, -0.2) is 50.9 Å². The first-order valence-corrected chi connectivity index (χ1v) is 13.6. The van der Waals surface area contributed by atoms with Crippen molar-refractivity contribution in [3.8, 4) is 0 Å². The third-order valence-corrected chi connectivity index (χ3v) is 7.89. The fourth-order valence-corrected chi connectivity index (χ4v) is 5.24. The third kappa shape index (κ3) is 4.58. The summed E-state index contributed by atoms with van der Waals surface area (Å²) in [5.74, 6) is 0.00153. The van der Waals surface area contributed by atoms with Crippen LogP contribution in [-0.2, 0) is 19.0 Å². The average Bonchev–Trinajstić information content (AvgIpc) is 2.90. The van der Waals surface area contributed by atoms with Gasteiger partial charge in [-0.2, -0.15) is 0 Å². The maximum Gasteiger partial charge on any atom is 0.306 e. The summed E-state index contributed by atoms with van der Waals surface area (Å²) < 4.78 is 17.7. The fourth-order valence-electron chi connectivity index (χ4n) is 4.48. The summed E-state index contributed by atoms with van der Waals surface area (Å²) in [6.07, 6.45) is 5.02. The van der Waals surface area contributed by atoms with E-state index in [1.54, 1.807) is 0 Å². The normalized spacial score (nSPS) is 39.4. The second kappa shape index (κ2) is 7.74. The average molecular weight is 383 g/mol. The molecule has 5 nitrogen and oxygen atoms in total. The topological polar surface area (TPSA) is 65.0 Å². The predicted octanol–water partition coefficient (Wildman–Crippen LogP) is 3.50. The van der Waals surface area contributed by atoms with Crippen LogP contribution in [0, 0.1) is 11.3 Å². The molecule has 0 unspecified atom stereocenters. The molecule has 0 aromatic rings. The number of rotatable bonds is 6. The SMILES string of the molecule is C[C@]12CC[C@@H](O)/C(=C/C[C@H]3CC(=O)O[C@H]3[C@@H]1OCOCC[Si](C)(C)C)C2. The summed E-state index contributed by atoms with van der Waals surface area (Å²) in [7, 11) is -1.12. The van der Waals surface area contributed by atoms with Crippen molar-refractivity contribution in [2.45, 2.75) is 83.0 Å². The lowest BCUT2D eigenvalue weighted by atomic mass is 9.64. The Morgan fingerprint density at radius 3 is 2.88 bits per heavy atom. The van der Waals surface area contributed by atoms with Crippen molar-refractivity contribution < 1.29 is 24.1 Å². The van der Waals surface area contributed by atoms with Gasteiger partial charge >= 0.3 is 5.97 Å². The van der Waals surface area contributed by atoms with E-state index >= 15 is 0 Å². The molecule has 2 aliphatic carbocycles. The summed E-state index contributed by atoms with van der Waals surface area (Å²) in [5.41, 5.74) is 0.964. The van der Waals surface area contributed by atoms with E-state index in [4.69, 9.17) is 14.2 Å². The first-order valence-electron chi connectivity index (χ1n) is 9.94. The van der Waals surface area contributed by atoms with Crippen molar-refractivity contribution in [2.24, 2.45) is 11.3 Å². The van der Waals surface area contributed by atoms with Gasteiger partial charge in [-0.3, -0.25) is 4.79 Å². The molecule has 1 saturated heterocycles. The molecular weight excluding hydrogens is 348 g/mol. The molecule has 0 aromatic carbocycles.